The fraction of sp³-hybridized carbons (Fsp3) is 1.00. The number of unbranched alkanes of at least 4 members (excludes halogenated alkanes) is 1. The second-order valence-corrected chi connectivity index (χ2v) is 7.87. The van der Waals surface area contributed by atoms with Crippen molar-refractivity contribution in [3.05, 3.63) is 0 Å². The molecule has 4 heteroatoms. The first-order chi connectivity index (χ1) is 4.48. The molecule has 0 aliphatic heterocycles. The Balaban J connectivity index is 3.75. The van der Waals surface area contributed by atoms with Crippen LogP contribution in [-0.2, 0) is 7.01 Å². The monoisotopic (exact) mass is 276 g/mol. The van der Waals surface area contributed by atoms with Crippen LogP contribution < -0.4 is 0 Å². The summed E-state index contributed by atoms with van der Waals surface area (Å²) < 4.78 is 21.6. The van der Waals surface area contributed by atoms with E-state index in [4.69, 9.17) is 0 Å². The molecule has 0 N–H and O–H groups in total. The zero-order valence-electron chi connectivity index (χ0n) is 6.30. The van der Waals surface area contributed by atoms with Gasteiger partial charge in [0.1, 0.15) is 0 Å². The lowest BCUT2D eigenvalue weighted by Gasteiger charge is -2.04. The van der Waals surface area contributed by atoms with E-state index < -0.39 is 7.01 Å². The van der Waals surface area contributed by atoms with E-state index in [9.17, 15) is 8.42 Å². The minimum atomic E-state index is -2.81. The van der Waals surface area contributed by atoms with Crippen LogP contribution in [0.5, 0.6) is 0 Å². The van der Waals surface area contributed by atoms with Gasteiger partial charge in [0.2, 0.25) is 7.01 Å². The SMILES string of the molecule is CCCCC(C)S(=O)(=O)I. The summed E-state index contributed by atoms with van der Waals surface area (Å²) in [6.45, 7) is 3.82. The molecule has 62 valence electrons. The molecule has 0 aliphatic rings. The Bertz CT molecular complexity index is 174. The van der Waals surface area contributed by atoms with Gasteiger partial charge in [0.15, 0.2) is 0 Å². The Kier molecular flexibility index (Phi) is 4.84. The van der Waals surface area contributed by atoms with Gasteiger partial charge in [-0.2, -0.15) is 0 Å². The third kappa shape index (κ3) is 4.49. The fourth-order valence-electron chi connectivity index (χ4n) is 0.632. The van der Waals surface area contributed by atoms with Crippen molar-refractivity contribution in [1.29, 1.82) is 0 Å². The lowest BCUT2D eigenvalue weighted by Crippen LogP contribution is -2.10. The van der Waals surface area contributed by atoms with Gasteiger partial charge >= 0.3 is 0 Å². The lowest BCUT2D eigenvalue weighted by atomic mass is 10.2. The second kappa shape index (κ2) is 4.54. The van der Waals surface area contributed by atoms with E-state index >= 15 is 0 Å². The molecule has 1 unspecified atom stereocenters. The zero-order chi connectivity index (χ0) is 8.20. The van der Waals surface area contributed by atoms with Crippen LogP contribution >= 0.6 is 21.2 Å². The van der Waals surface area contributed by atoms with Crippen LogP contribution in [0.25, 0.3) is 0 Å². The van der Waals surface area contributed by atoms with Crippen LogP contribution in [0.2, 0.25) is 0 Å². The van der Waals surface area contributed by atoms with E-state index in [2.05, 4.69) is 6.92 Å². The highest BCUT2D eigenvalue weighted by atomic mass is 127. The molecule has 0 aromatic rings. The summed E-state index contributed by atoms with van der Waals surface area (Å²) in [5.74, 6) is 0. The molecule has 0 amide bonds. The van der Waals surface area contributed by atoms with Gasteiger partial charge in [-0.3, -0.25) is 0 Å². The minimum Gasteiger partial charge on any atom is -0.218 e. The molecule has 0 bridgehead atoms. The van der Waals surface area contributed by atoms with Crippen LogP contribution in [0.1, 0.15) is 33.1 Å². The van der Waals surface area contributed by atoms with Crippen molar-refractivity contribution < 1.29 is 8.42 Å². The van der Waals surface area contributed by atoms with E-state index in [-0.39, 0.29) is 5.25 Å². The Morgan fingerprint density at radius 1 is 1.50 bits per heavy atom. The normalized spacial score (nSPS) is 15.1. The van der Waals surface area contributed by atoms with Gasteiger partial charge in [0, 0.05) is 0 Å². The van der Waals surface area contributed by atoms with Gasteiger partial charge in [0.25, 0.3) is 0 Å². The maximum Gasteiger partial charge on any atom is 0.205 e. The van der Waals surface area contributed by atoms with Gasteiger partial charge in [-0.1, -0.05) is 19.8 Å². The average molecular weight is 276 g/mol. The number of hydrogen-bond acceptors (Lipinski definition) is 2. The molecular weight excluding hydrogens is 263 g/mol. The summed E-state index contributed by atoms with van der Waals surface area (Å²) >= 11 is 1.51. The predicted octanol–water partition coefficient (Wildman–Crippen LogP) is 2.33. The molecular formula is C6H13IO2S. The van der Waals surface area contributed by atoms with E-state index in [1.807, 2.05) is 0 Å². The van der Waals surface area contributed by atoms with Crippen molar-refractivity contribution in [3.8, 4) is 0 Å². The van der Waals surface area contributed by atoms with Crippen molar-refractivity contribution in [2.24, 2.45) is 0 Å². The topological polar surface area (TPSA) is 34.1 Å². The number of halogens is 1. The molecule has 2 nitrogen and oxygen atoms in total. The average Bonchev–Trinajstić information content (AvgIpc) is 1.80. The third-order valence-corrected chi connectivity index (χ3v) is 5.25. The quantitative estimate of drug-likeness (QED) is 0.583. The van der Waals surface area contributed by atoms with Crippen LogP contribution in [0.15, 0.2) is 0 Å². The van der Waals surface area contributed by atoms with Crippen LogP contribution in [0, 0.1) is 0 Å². The van der Waals surface area contributed by atoms with E-state index in [0.29, 0.717) is 0 Å². The van der Waals surface area contributed by atoms with Gasteiger partial charge in [-0.05, 0) is 13.3 Å². The minimum absolute atomic E-state index is 0.173. The van der Waals surface area contributed by atoms with E-state index in [1.54, 1.807) is 6.92 Å². The zero-order valence-corrected chi connectivity index (χ0v) is 9.28. The highest BCUT2D eigenvalue weighted by molar-refractivity contribution is 14.2. The Morgan fingerprint density at radius 3 is 2.30 bits per heavy atom. The molecule has 0 radical (unpaired) electrons. The summed E-state index contributed by atoms with van der Waals surface area (Å²) in [5.41, 5.74) is 0. The molecule has 10 heavy (non-hydrogen) atoms. The number of rotatable bonds is 4. The molecule has 0 aliphatic carbocycles. The first-order valence-corrected chi connectivity index (χ1v) is 7.51. The smallest absolute Gasteiger partial charge is 0.205 e. The Hall–Kier alpha value is 0.680. The molecule has 0 heterocycles. The van der Waals surface area contributed by atoms with Gasteiger partial charge in [-0.15, -0.1) is 0 Å². The highest BCUT2D eigenvalue weighted by Gasteiger charge is 2.14. The number of hydrogen-bond donors (Lipinski definition) is 0. The van der Waals surface area contributed by atoms with Gasteiger partial charge in [-0.25, -0.2) is 8.42 Å². The van der Waals surface area contributed by atoms with Crippen LogP contribution in [0.3, 0.4) is 0 Å². The Morgan fingerprint density at radius 2 is 2.00 bits per heavy atom. The molecule has 0 aromatic heterocycles. The summed E-state index contributed by atoms with van der Waals surface area (Å²) in [4.78, 5) is 0. The van der Waals surface area contributed by atoms with Crippen molar-refractivity contribution in [2.75, 3.05) is 0 Å². The summed E-state index contributed by atoms with van der Waals surface area (Å²) in [5, 5.41) is -0.173. The van der Waals surface area contributed by atoms with Crippen molar-refractivity contribution >= 4 is 28.2 Å². The largest absolute Gasteiger partial charge is 0.218 e. The lowest BCUT2D eigenvalue weighted by molar-refractivity contribution is 0.589. The highest BCUT2D eigenvalue weighted by Crippen LogP contribution is 2.15. The van der Waals surface area contributed by atoms with Crippen LogP contribution in [-0.4, -0.2) is 13.7 Å². The molecule has 0 saturated carbocycles. The van der Waals surface area contributed by atoms with Crippen molar-refractivity contribution in [1.82, 2.24) is 0 Å². The standard InChI is InChI=1S/C6H13IO2S/c1-3-4-5-6(2)10(7,8)9/h6H,3-5H2,1-2H3. The van der Waals surface area contributed by atoms with Gasteiger partial charge in [0.05, 0.1) is 26.5 Å². The van der Waals surface area contributed by atoms with Crippen LogP contribution in [0.4, 0.5) is 0 Å². The maximum absolute atomic E-state index is 10.8. The molecule has 0 aromatic carbocycles. The van der Waals surface area contributed by atoms with Gasteiger partial charge < -0.3 is 0 Å². The van der Waals surface area contributed by atoms with Crippen molar-refractivity contribution in [2.45, 2.75) is 38.4 Å². The Labute approximate surface area is 74.9 Å². The molecule has 0 saturated heterocycles. The molecule has 0 spiro atoms. The van der Waals surface area contributed by atoms with E-state index in [1.165, 1.54) is 21.2 Å². The summed E-state index contributed by atoms with van der Waals surface area (Å²) in [7, 11) is -2.81. The summed E-state index contributed by atoms with van der Waals surface area (Å²) in [6, 6.07) is 0. The second-order valence-electron chi connectivity index (χ2n) is 2.43. The molecule has 0 fully saturated rings. The first kappa shape index (κ1) is 10.7. The predicted molar refractivity (Wildman–Crippen MR) is 51.9 cm³/mol. The van der Waals surface area contributed by atoms with Crippen molar-refractivity contribution in [3.63, 3.8) is 0 Å². The maximum atomic E-state index is 10.8. The first-order valence-electron chi connectivity index (χ1n) is 3.42. The third-order valence-electron chi connectivity index (χ3n) is 1.44. The fourth-order valence-corrected chi connectivity index (χ4v) is 1.84. The summed E-state index contributed by atoms with van der Waals surface area (Å²) in [6.07, 6.45) is 2.86. The molecule has 0 rings (SSSR count). The molecule has 1 atom stereocenters. The van der Waals surface area contributed by atoms with E-state index in [0.717, 1.165) is 19.3 Å².